The highest BCUT2D eigenvalue weighted by Gasteiger charge is 2.10. The fourth-order valence-corrected chi connectivity index (χ4v) is 1.55. The van der Waals surface area contributed by atoms with Gasteiger partial charge in [0.2, 0.25) is 0 Å². The Kier molecular flexibility index (Phi) is 2.09. The van der Waals surface area contributed by atoms with Gasteiger partial charge in [-0.1, -0.05) is 18.9 Å². The maximum absolute atomic E-state index is 10.9. The van der Waals surface area contributed by atoms with E-state index in [1.54, 1.807) is 12.3 Å². The molecule has 0 spiro atoms. The molecule has 2 amide bonds. The van der Waals surface area contributed by atoms with E-state index in [1.165, 1.54) is 0 Å². The molecule has 0 atom stereocenters. The predicted molar refractivity (Wildman–Crippen MR) is 59.3 cm³/mol. The first-order chi connectivity index (χ1) is 6.70. The van der Waals surface area contributed by atoms with E-state index in [0.29, 0.717) is 5.69 Å². The lowest BCUT2D eigenvalue weighted by Crippen LogP contribution is -2.27. The number of fused-ring (bicyclic) bond motifs is 1. The number of rotatable bonds is 1. The molecule has 0 aliphatic carbocycles. The van der Waals surface area contributed by atoms with E-state index in [0.717, 1.165) is 15.2 Å². The summed E-state index contributed by atoms with van der Waals surface area (Å²) < 4.78 is 1.12. The van der Waals surface area contributed by atoms with Crippen LogP contribution in [-0.2, 0) is 0 Å². The van der Waals surface area contributed by atoms with Gasteiger partial charge in [0.25, 0.3) is 0 Å². The van der Waals surface area contributed by atoms with Crippen LogP contribution in [0, 0.1) is 0 Å². The number of aromatic nitrogens is 1. The number of anilines is 1. The SMILES string of the molecule is NC(=O)N(S)c1cccc2[nH]ccc12. The lowest BCUT2D eigenvalue weighted by molar-refractivity contribution is 0.257. The molecular formula is C9H9N3OS. The minimum Gasteiger partial charge on any atom is -0.361 e. The van der Waals surface area contributed by atoms with Gasteiger partial charge < -0.3 is 10.7 Å². The van der Waals surface area contributed by atoms with Crippen molar-refractivity contribution in [1.82, 2.24) is 4.98 Å². The van der Waals surface area contributed by atoms with Crippen LogP contribution in [-0.4, -0.2) is 11.0 Å². The fraction of sp³-hybridized carbons (Fsp3) is 0. The van der Waals surface area contributed by atoms with Gasteiger partial charge in [-0.25, -0.2) is 9.10 Å². The number of nitrogens with zero attached hydrogens (tertiary/aromatic N) is 1. The molecule has 0 unspecified atom stereocenters. The molecule has 1 heterocycles. The molecule has 0 saturated heterocycles. The van der Waals surface area contributed by atoms with Crippen LogP contribution in [0.15, 0.2) is 30.5 Å². The Morgan fingerprint density at radius 1 is 1.43 bits per heavy atom. The topological polar surface area (TPSA) is 62.1 Å². The second-order valence-corrected chi connectivity index (χ2v) is 3.27. The largest absolute Gasteiger partial charge is 0.361 e. The van der Waals surface area contributed by atoms with Crippen molar-refractivity contribution in [1.29, 1.82) is 0 Å². The summed E-state index contributed by atoms with van der Waals surface area (Å²) in [4.78, 5) is 14.0. The van der Waals surface area contributed by atoms with E-state index < -0.39 is 6.03 Å². The number of carbonyl (C=O) groups is 1. The van der Waals surface area contributed by atoms with Gasteiger partial charge in [-0.05, 0) is 18.2 Å². The van der Waals surface area contributed by atoms with Crippen LogP contribution in [0.1, 0.15) is 0 Å². The van der Waals surface area contributed by atoms with E-state index in [2.05, 4.69) is 17.8 Å². The van der Waals surface area contributed by atoms with Crippen molar-refractivity contribution in [3.8, 4) is 0 Å². The third-order valence-corrected chi connectivity index (χ3v) is 2.42. The number of aromatic amines is 1. The summed E-state index contributed by atoms with van der Waals surface area (Å²) in [5.74, 6) is 0. The van der Waals surface area contributed by atoms with Crippen molar-refractivity contribution in [2.24, 2.45) is 5.73 Å². The van der Waals surface area contributed by atoms with Crippen LogP contribution in [0.5, 0.6) is 0 Å². The molecule has 72 valence electrons. The maximum atomic E-state index is 10.9. The third kappa shape index (κ3) is 1.31. The van der Waals surface area contributed by atoms with Crippen molar-refractivity contribution >= 4 is 35.4 Å². The minimum absolute atomic E-state index is 0.595. The molecule has 4 nitrogen and oxygen atoms in total. The molecule has 1 aromatic carbocycles. The molecule has 0 aliphatic rings. The smallest absolute Gasteiger partial charge is 0.329 e. The number of nitrogens with one attached hydrogen (secondary N) is 1. The summed E-state index contributed by atoms with van der Waals surface area (Å²) in [5, 5.41) is 0.918. The van der Waals surface area contributed by atoms with Crippen molar-refractivity contribution in [2.45, 2.75) is 0 Å². The Labute approximate surface area is 86.2 Å². The number of hydrogen-bond acceptors (Lipinski definition) is 2. The highest BCUT2D eigenvalue weighted by molar-refractivity contribution is 7.82. The molecule has 0 aliphatic heterocycles. The van der Waals surface area contributed by atoms with Crippen LogP contribution < -0.4 is 10.0 Å². The number of nitrogens with two attached hydrogens (primary N) is 1. The molecule has 3 N–H and O–H groups in total. The van der Waals surface area contributed by atoms with Crippen molar-refractivity contribution in [3.63, 3.8) is 0 Å². The van der Waals surface area contributed by atoms with Crippen LogP contribution in [0.3, 0.4) is 0 Å². The van der Waals surface area contributed by atoms with E-state index in [-0.39, 0.29) is 0 Å². The number of amides is 2. The first-order valence-electron chi connectivity index (χ1n) is 4.04. The van der Waals surface area contributed by atoms with Crippen LogP contribution in [0.2, 0.25) is 0 Å². The van der Waals surface area contributed by atoms with Gasteiger partial charge in [-0.2, -0.15) is 0 Å². The summed E-state index contributed by atoms with van der Waals surface area (Å²) in [6, 6.07) is 6.81. The highest BCUT2D eigenvalue weighted by atomic mass is 32.1. The lowest BCUT2D eigenvalue weighted by Gasteiger charge is -2.13. The number of H-pyrrole nitrogens is 1. The summed E-state index contributed by atoms with van der Waals surface area (Å²) in [6.07, 6.45) is 1.80. The first-order valence-corrected chi connectivity index (χ1v) is 4.44. The predicted octanol–water partition coefficient (Wildman–Crippen LogP) is 1.90. The summed E-state index contributed by atoms with van der Waals surface area (Å²) in [5.41, 5.74) is 6.76. The van der Waals surface area contributed by atoms with Gasteiger partial charge in [0.05, 0.1) is 5.69 Å². The normalized spacial score (nSPS) is 10.4. The molecule has 0 saturated carbocycles. The first kappa shape index (κ1) is 8.96. The zero-order chi connectivity index (χ0) is 10.1. The van der Waals surface area contributed by atoms with E-state index in [4.69, 9.17) is 5.73 Å². The second kappa shape index (κ2) is 3.26. The van der Waals surface area contributed by atoms with Crippen LogP contribution in [0.25, 0.3) is 10.9 Å². The van der Waals surface area contributed by atoms with Crippen molar-refractivity contribution in [2.75, 3.05) is 4.31 Å². The molecule has 2 rings (SSSR count). The molecule has 1 aromatic heterocycles. The highest BCUT2D eigenvalue weighted by Crippen LogP contribution is 2.26. The Hall–Kier alpha value is -1.62. The molecule has 2 aromatic rings. The van der Waals surface area contributed by atoms with E-state index >= 15 is 0 Å². The van der Waals surface area contributed by atoms with Gasteiger partial charge in [-0.15, -0.1) is 0 Å². The number of primary amides is 1. The van der Waals surface area contributed by atoms with Crippen molar-refractivity contribution < 1.29 is 4.79 Å². The zero-order valence-electron chi connectivity index (χ0n) is 7.27. The quantitative estimate of drug-likeness (QED) is 0.614. The Morgan fingerprint density at radius 3 is 2.93 bits per heavy atom. The number of benzene rings is 1. The van der Waals surface area contributed by atoms with Gasteiger partial charge in [0.15, 0.2) is 0 Å². The molecular weight excluding hydrogens is 198 g/mol. The summed E-state index contributed by atoms with van der Waals surface area (Å²) in [6.45, 7) is 0. The van der Waals surface area contributed by atoms with Gasteiger partial charge in [0, 0.05) is 17.1 Å². The molecule has 5 heteroatoms. The second-order valence-electron chi connectivity index (χ2n) is 2.87. The summed E-state index contributed by atoms with van der Waals surface area (Å²) >= 11 is 4.01. The molecule has 0 fully saturated rings. The van der Waals surface area contributed by atoms with Gasteiger partial charge in [-0.3, -0.25) is 0 Å². The Morgan fingerprint density at radius 2 is 2.21 bits per heavy atom. The minimum atomic E-state index is -0.595. The Bertz CT molecular complexity index is 480. The Balaban J connectivity index is 2.61. The average molecular weight is 207 g/mol. The third-order valence-electron chi connectivity index (χ3n) is 2.01. The lowest BCUT2D eigenvalue weighted by atomic mass is 10.2. The zero-order valence-corrected chi connectivity index (χ0v) is 8.16. The van der Waals surface area contributed by atoms with Crippen molar-refractivity contribution in [3.05, 3.63) is 30.5 Å². The number of thiol groups is 1. The van der Waals surface area contributed by atoms with Crippen LogP contribution >= 0.6 is 12.8 Å². The van der Waals surface area contributed by atoms with Gasteiger partial charge in [0.1, 0.15) is 0 Å². The fourth-order valence-electron chi connectivity index (χ4n) is 1.37. The van der Waals surface area contributed by atoms with E-state index in [9.17, 15) is 4.79 Å². The number of urea groups is 1. The molecule has 14 heavy (non-hydrogen) atoms. The molecule has 0 radical (unpaired) electrons. The van der Waals surface area contributed by atoms with Gasteiger partial charge >= 0.3 is 6.03 Å². The monoisotopic (exact) mass is 207 g/mol. The average Bonchev–Trinajstić information content (AvgIpc) is 2.63. The number of carbonyl (C=O) groups excluding carboxylic acids is 1. The number of hydrogen-bond donors (Lipinski definition) is 3. The standard InChI is InChI=1S/C9H9N3OS/c10-9(13)12(14)8-3-1-2-7-6(8)4-5-11-7/h1-5,11,14H,(H2,10,13). The molecule has 0 bridgehead atoms. The van der Waals surface area contributed by atoms with Crippen LogP contribution in [0.4, 0.5) is 10.5 Å². The summed E-state index contributed by atoms with van der Waals surface area (Å²) in [7, 11) is 0. The maximum Gasteiger partial charge on any atom is 0.329 e. The van der Waals surface area contributed by atoms with E-state index in [1.807, 2.05) is 18.2 Å².